The fourth-order valence-electron chi connectivity index (χ4n) is 2.17. The van der Waals surface area contributed by atoms with Crippen LogP contribution in [0.4, 0.5) is 4.79 Å². The molecule has 1 aliphatic heterocycles. The molecular weight excluding hydrogens is 268 g/mol. The number of carbonyl (C=O) groups excluding carboxylic acids is 2. The summed E-state index contributed by atoms with van der Waals surface area (Å²) in [6, 6.07) is 3.02. The molecule has 0 aliphatic carbocycles. The van der Waals surface area contributed by atoms with Crippen molar-refractivity contribution >= 4 is 23.5 Å². The van der Waals surface area contributed by atoms with Crippen LogP contribution >= 0.6 is 11.6 Å². The molecule has 104 valence electrons. The van der Waals surface area contributed by atoms with Gasteiger partial charge in [-0.25, -0.2) is 4.79 Å². The second-order valence-corrected chi connectivity index (χ2v) is 5.12. The quantitative estimate of drug-likeness (QED) is 0.496. The Kier molecular flexibility index (Phi) is 4.14. The van der Waals surface area contributed by atoms with Crippen LogP contribution in [0.1, 0.15) is 31.9 Å². The first-order valence-corrected chi connectivity index (χ1v) is 6.87. The maximum Gasteiger partial charge on any atom is 0.325 e. The van der Waals surface area contributed by atoms with Crippen molar-refractivity contribution in [1.29, 1.82) is 0 Å². The van der Waals surface area contributed by atoms with Crippen LogP contribution in [0.25, 0.3) is 0 Å². The number of hydrogen-bond acceptors (Lipinski definition) is 3. The van der Waals surface area contributed by atoms with Crippen LogP contribution in [0, 0.1) is 0 Å². The van der Waals surface area contributed by atoms with Crippen LogP contribution in [0.5, 0.6) is 0 Å². The monoisotopic (exact) mass is 284 g/mol. The van der Waals surface area contributed by atoms with Gasteiger partial charge in [-0.15, -0.1) is 11.6 Å². The zero-order valence-corrected chi connectivity index (χ0v) is 11.6. The number of rotatable bonds is 6. The first-order valence-electron chi connectivity index (χ1n) is 6.33. The van der Waals surface area contributed by atoms with E-state index in [4.69, 9.17) is 16.0 Å². The summed E-state index contributed by atoms with van der Waals surface area (Å²) < 4.78 is 5.25. The second kappa shape index (κ2) is 5.65. The van der Waals surface area contributed by atoms with E-state index in [2.05, 4.69) is 5.32 Å². The molecule has 0 aromatic carbocycles. The first kappa shape index (κ1) is 13.9. The minimum Gasteiger partial charge on any atom is -0.466 e. The standard InChI is InChI=1S/C13H17ClN2O3/c1-13(10-6-5-9-19-10)11(17)16(12(18)15-13)8-4-2-3-7-14/h5-6,9H,2-4,7-8H2,1H3,(H,15,18). The van der Waals surface area contributed by atoms with E-state index >= 15 is 0 Å². The summed E-state index contributed by atoms with van der Waals surface area (Å²) in [4.78, 5) is 25.5. The lowest BCUT2D eigenvalue weighted by atomic mass is 9.99. The number of amides is 3. The van der Waals surface area contributed by atoms with E-state index in [1.165, 1.54) is 11.2 Å². The molecule has 2 heterocycles. The molecule has 0 saturated carbocycles. The van der Waals surface area contributed by atoms with Gasteiger partial charge in [-0.1, -0.05) is 6.42 Å². The highest BCUT2D eigenvalue weighted by molar-refractivity contribution is 6.17. The molecule has 0 bridgehead atoms. The molecule has 1 saturated heterocycles. The fourth-order valence-corrected chi connectivity index (χ4v) is 2.36. The van der Waals surface area contributed by atoms with Crippen molar-refractivity contribution in [2.24, 2.45) is 0 Å². The van der Waals surface area contributed by atoms with Crippen molar-refractivity contribution < 1.29 is 14.0 Å². The maximum atomic E-state index is 12.4. The van der Waals surface area contributed by atoms with Crippen molar-refractivity contribution in [3.05, 3.63) is 24.2 Å². The number of alkyl halides is 1. The van der Waals surface area contributed by atoms with Gasteiger partial charge in [0.1, 0.15) is 5.76 Å². The Labute approximate surface area is 116 Å². The Morgan fingerprint density at radius 2 is 2.16 bits per heavy atom. The first-order chi connectivity index (χ1) is 9.09. The van der Waals surface area contributed by atoms with Crippen molar-refractivity contribution in [1.82, 2.24) is 10.2 Å². The molecule has 0 spiro atoms. The van der Waals surface area contributed by atoms with E-state index in [0.717, 1.165) is 19.3 Å². The third-order valence-electron chi connectivity index (χ3n) is 3.30. The van der Waals surface area contributed by atoms with Crippen LogP contribution in [0.2, 0.25) is 0 Å². The Balaban J connectivity index is 2.04. The smallest absolute Gasteiger partial charge is 0.325 e. The molecule has 1 N–H and O–H groups in total. The van der Waals surface area contributed by atoms with Gasteiger partial charge in [-0.05, 0) is 31.9 Å². The minimum atomic E-state index is -1.09. The highest BCUT2D eigenvalue weighted by Gasteiger charge is 2.50. The average molecular weight is 285 g/mol. The molecule has 1 atom stereocenters. The molecule has 6 heteroatoms. The van der Waals surface area contributed by atoms with Crippen LogP contribution < -0.4 is 5.32 Å². The molecule has 0 radical (unpaired) electrons. The molecule has 1 aromatic heterocycles. The van der Waals surface area contributed by atoms with E-state index < -0.39 is 5.54 Å². The van der Waals surface area contributed by atoms with Crippen molar-refractivity contribution in [3.8, 4) is 0 Å². The third kappa shape index (κ3) is 2.61. The Morgan fingerprint density at radius 3 is 2.79 bits per heavy atom. The molecule has 2 rings (SSSR count). The number of nitrogens with one attached hydrogen (secondary N) is 1. The van der Waals surface area contributed by atoms with Gasteiger partial charge in [0.15, 0.2) is 5.54 Å². The lowest BCUT2D eigenvalue weighted by Crippen LogP contribution is -2.40. The van der Waals surface area contributed by atoms with Gasteiger partial charge in [0.05, 0.1) is 6.26 Å². The molecule has 19 heavy (non-hydrogen) atoms. The van der Waals surface area contributed by atoms with Crippen LogP contribution in [-0.4, -0.2) is 29.3 Å². The number of nitrogens with zero attached hydrogens (tertiary/aromatic N) is 1. The second-order valence-electron chi connectivity index (χ2n) is 4.74. The molecule has 3 amide bonds. The van der Waals surface area contributed by atoms with Crippen LogP contribution in [-0.2, 0) is 10.3 Å². The molecule has 1 aromatic rings. The Hall–Kier alpha value is -1.49. The average Bonchev–Trinajstić information content (AvgIpc) is 2.97. The van der Waals surface area contributed by atoms with Crippen molar-refractivity contribution in [3.63, 3.8) is 0 Å². The SMILES string of the molecule is CC1(c2ccco2)NC(=O)N(CCCCCCl)C1=O. The highest BCUT2D eigenvalue weighted by atomic mass is 35.5. The number of carbonyl (C=O) groups is 2. The largest absolute Gasteiger partial charge is 0.466 e. The van der Waals surface area contributed by atoms with Gasteiger partial charge in [0.2, 0.25) is 0 Å². The van der Waals surface area contributed by atoms with Gasteiger partial charge in [-0.3, -0.25) is 9.69 Å². The molecule has 5 nitrogen and oxygen atoms in total. The van der Waals surface area contributed by atoms with Crippen LogP contribution in [0.15, 0.2) is 22.8 Å². The molecule has 1 unspecified atom stereocenters. The van der Waals surface area contributed by atoms with Gasteiger partial charge < -0.3 is 9.73 Å². The van der Waals surface area contributed by atoms with E-state index in [9.17, 15) is 9.59 Å². The number of imide groups is 1. The predicted octanol–water partition coefficient (Wildman–Crippen LogP) is 2.46. The Bertz CT molecular complexity index is 460. The van der Waals surface area contributed by atoms with E-state index in [0.29, 0.717) is 18.2 Å². The summed E-state index contributed by atoms with van der Waals surface area (Å²) in [5, 5.41) is 2.69. The summed E-state index contributed by atoms with van der Waals surface area (Å²) in [5.74, 6) is 0.789. The lowest BCUT2D eigenvalue weighted by Gasteiger charge is -2.18. The number of unbranched alkanes of at least 4 members (excludes halogenated alkanes) is 2. The minimum absolute atomic E-state index is 0.265. The third-order valence-corrected chi connectivity index (χ3v) is 3.57. The summed E-state index contributed by atoms with van der Waals surface area (Å²) in [6.45, 7) is 2.07. The summed E-state index contributed by atoms with van der Waals surface area (Å²) in [6.07, 6.45) is 4.04. The molecule has 1 fully saturated rings. The van der Waals surface area contributed by atoms with Crippen LogP contribution in [0.3, 0.4) is 0 Å². The normalized spacial score (nSPS) is 22.9. The predicted molar refractivity (Wildman–Crippen MR) is 70.9 cm³/mol. The number of urea groups is 1. The van der Waals surface area contributed by atoms with E-state index in [-0.39, 0.29) is 11.9 Å². The summed E-state index contributed by atoms with van der Waals surface area (Å²) in [5.41, 5.74) is -1.09. The zero-order valence-electron chi connectivity index (χ0n) is 10.8. The summed E-state index contributed by atoms with van der Waals surface area (Å²) in [7, 11) is 0. The highest BCUT2D eigenvalue weighted by Crippen LogP contribution is 2.29. The van der Waals surface area contributed by atoms with Crippen molar-refractivity contribution in [2.75, 3.05) is 12.4 Å². The number of furan rings is 1. The van der Waals surface area contributed by atoms with E-state index in [1.807, 2.05) is 0 Å². The summed E-state index contributed by atoms with van der Waals surface area (Å²) >= 11 is 5.59. The number of halogens is 1. The molecule has 1 aliphatic rings. The molecular formula is C13H17ClN2O3. The number of hydrogen-bond donors (Lipinski definition) is 1. The topological polar surface area (TPSA) is 62.6 Å². The maximum absolute atomic E-state index is 12.4. The van der Waals surface area contributed by atoms with Crippen molar-refractivity contribution in [2.45, 2.75) is 31.7 Å². The van der Waals surface area contributed by atoms with Gasteiger partial charge in [0, 0.05) is 12.4 Å². The lowest BCUT2D eigenvalue weighted by molar-refractivity contribution is -0.131. The fraction of sp³-hybridized carbons (Fsp3) is 0.538. The van der Waals surface area contributed by atoms with Gasteiger partial charge in [0.25, 0.3) is 5.91 Å². The van der Waals surface area contributed by atoms with Gasteiger partial charge >= 0.3 is 6.03 Å². The Morgan fingerprint density at radius 1 is 1.37 bits per heavy atom. The zero-order chi connectivity index (χ0) is 13.9. The van der Waals surface area contributed by atoms with E-state index in [1.54, 1.807) is 19.1 Å². The van der Waals surface area contributed by atoms with Gasteiger partial charge in [-0.2, -0.15) is 0 Å².